The summed E-state index contributed by atoms with van der Waals surface area (Å²) in [5, 5.41) is 12.7. The van der Waals surface area contributed by atoms with E-state index in [0.29, 0.717) is 10.4 Å². The molecular formula is C14H15BrN2O2. The van der Waals surface area contributed by atoms with Gasteiger partial charge in [0.2, 0.25) is 5.88 Å². The van der Waals surface area contributed by atoms with Crippen LogP contribution >= 0.6 is 15.9 Å². The standard InChI is InChI=1S/C14H15BrN2O2/c1-19-14-5-3-11(9-17-14)8-16-7-10-2-4-13(18)12(15)6-10/h2-6,9,16,18H,7-8H2,1H3. The van der Waals surface area contributed by atoms with Crippen molar-refractivity contribution in [1.82, 2.24) is 10.3 Å². The summed E-state index contributed by atoms with van der Waals surface area (Å²) >= 11 is 3.30. The average Bonchev–Trinajstić information content (AvgIpc) is 2.43. The highest BCUT2D eigenvalue weighted by Gasteiger charge is 2.00. The van der Waals surface area contributed by atoms with E-state index >= 15 is 0 Å². The molecule has 2 N–H and O–H groups in total. The van der Waals surface area contributed by atoms with E-state index in [1.165, 1.54) is 0 Å². The van der Waals surface area contributed by atoms with Gasteiger partial charge in [-0.1, -0.05) is 12.1 Å². The lowest BCUT2D eigenvalue weighted by Gasteiger charge is -2.06. The Labute approximate surface area is 120 Å². The van der Waals surface area contributed by atoms with Gasteiger partial charge in [-0.05, 0) is 39.2 Å². The molecule has 0 aliphatic carbocycles. The van der Waals surface area contributed by atoms with Crippen molar-refractivity contribution in [3.63, 3.8) is 0 Å². The normalized spacial score (nSPS) is 10.4. The van der Waals surface area contributed by atoms with Crippen LogP contribution in [0.15, 0.2) is 41.0 Å². The van der Waals surface area contributed by atoms with Gasteiger partial charge in [-0.15, -0.1) is 0 Å². The summed E-state index contributed by atoms with van der Waals surface area (Å²) in [6, 6.07) is 9.28. The summed E-state index contributed by atoms with van der Waals surface area (Å²) in [4.78, 5) is 4.15. The van der Waals surface area contributed by atoms with Crippen LogP contribution in [0.5, 0.6) is 11.6 Å². The Hall–Kier alpha value is -1.59. The van der Waals surface area contributed by atoms with Crippen LogP contribution in [0.4, 0.5) is 0 Å². The minimum atomic E-state index is 0.253. The summed E-state index contributed by atoms with van der Waals surface area (Å²) in [5.41, 5.74) is 2.20. The fourth-order valence-electron chi connectivity index (χ4n) is 1.65. The zero-order valence-corrected chi connectivity index (χ0v) is 12.1. The maximum atomic E-state index is 9.41. The molecule has 0 radical (unpaired) electrons. The summed E-state index contributed by atoms with van der Waals surface area (Å²) in [7, 11) is 1.60. The third-order valence-corrected chi connectivity index (χ3v) is 3.31. The number of methoxy groups -OCH3 is 1. The molecule has 19 heavy (non-hydrogen) atoms. The maximum Gasteiger partial charge on any atom is 0.212 e. The molecule has 0 saturated heterocycles. The fraction of sp³-hybridized carbons (Fsp3) is 0.214. The van der Waals surface area contributed by atoms with Crippen LogP contribution in [-0.2, 0) is 13.1 Å². The van der Waals surface area contributed by atoms with E-state index < -0.39 is 0 Å². The van der Waals surface area contributed by atoms with Crippen LogP contribution in [0.3, 0.4) is 0 Å². The minimum absolute atomic E-state index is 0.253. The number of phenols is 1. The van der Waals surface area contributed by atoms with Gasteiger partial charge < -0.3 is 15.2 Å². The molecule has 2 aromatic rings. The number of nitrogens with one attached hydrogen (secondary N) is 1. The zero-order valence-electron chi connectivity index (χ0n) is 10.6. The number of halogens is 1. The lowest BCUT2D eigenvalue weighted by Crippen LogP contribution is -2.12. The molecule has 0 bridgehead atoms. The number of ether oxygens (including phenoxy) is 1. The highest BCUT2D eigenvalue weighted by Crippen LogP contribution is 2.24. The van der Waals surface area contributed by atoms with E-state index in [4.69, 9.17) is 4.74 Å². The largest absolute Gasteiger partial charge is 0.507 e. The summed E-state index contributed by atoms with van der Waals surface area (Å²) in [5.74, 6) is 0.870. The lowest BCUT2D eigenvalue weighted by molar-refractivity contribution is 0.397. The van der Waals surface area contributed by atoms with Crippen LogP contribution in [0.1, 0.15) is 11.1 Å². The number of phenolic OH excluding ortho intramolecular Hbond substituents is 1. The first-order valence-electron chi connectivity index (χ1n) is 5.86. The highest BCUT2D eigenvalue weighted by molar-refractivity contribution is 9.10. The quantitative estimate of drug-likeness (QED) is 0.888. The Morgan fingerprint density at radius 3 is 2.58 bits per heavy atom. The smallest absolute Gasteiger partial charge is 0.212 e. The number of nitrogens with zero attached hydrogens (tertiary/aromatic N) is 1. The van der Waals surface area contributed by atoms with Crippen molar-refractivity contribution in [2.24, 2.45) is 0 Å². The van der Waals surface area contributed by atoms with Crippen molar-refractivity contribution in [1.29, 1.82) is 0 Å². The molecule has 0 spiro atoms. The molecule has 1 aromatic carbocycles. The number of hydrogen-bond donors (Lipinski definition) is 2. The second-order valence-electron chi connectivity index (χ2n) is 4.10. The molecule has 2 rings (SSSR count). The number of pyridine rings is 1. The van der Waals surface area contributed by atoms with Gasteiger partial charge in [0.15, 0.2) is 0 Å². The number of benzene rings is 1. The van der Waals surface area contributed by atoms with Crippen LogP contribution in [0.25, 0.3) is 0 Å². The van der Waals surface area contributed by atoms with Crippen molar-refractivity contribution < 1.29 is 9.84 Å². The molecule has 100 valence electrons. The van der Waals surface area contributed by atoms with Crippen LogP contribution < -0.4 is 10.1 Å². The molecule has 0 unspecified atom stereocenters. The third-order valence-electron chi connectivity index (χ3n) is 2.68. The number of aromatic hydroxyl groups is 1. The molecule has 5 heteroatoms. The topological polar surface area (TPSA) is 54.4 Å². The van der Waals surface area contributed by atoms with Gasteiger partial charge in [-0.25, -0.2) is 4.98 Å². The Morgan fingerprint density at radius 2 is 1.95 bits per heavy atom. The molecule has 0 atom stereocenters. The Balaban J connectivity index is 1.86. The predicted octanol–water partition coefficient (Wildman–Crippen LogP) is 2.85. The van der Waals surface area contributed by atoms with Gasteiger partial charge in [0.1, 0.15) is 5.75 Å². The van der Waals surface area contributed by atoms with Crippen LogP contribution in [0.2, 0.25) is 0 Å². The maximum absolute atomic E-state index is 9.41. The Bertz CT molecular complexity index is 544. The Morgan fingerprint density at radius 1 is 1.21 bits per heavy atom. The summed E-state index contributed by atoms with van der Waals surface area (Å²) in [6.07, 6.45) is 1.79. The van der Waals surface area contributed by atoms with E-state index in [9.17, 15) is 5.11 Å². The first-order valence-corrected chi connectivity index (χ1v) is 6.65. The minimum Gasteiger partial charge on any atom is -0.507 e. The molecule has 1 aromatic heterocycles. The second kappa shape index (κ2) is 6.54. The number of aromatic nitrogens is 1. The first kappa shape index (κ1) is 13.8. The van der Waals surface area contributed by atoms with E-state index in [-0.39, 0.29) is 5.75 Å². The van der Waals surface area contributed by atoms with Crippen LogP contribution in [-0.4, -0.2) is 17.2 Å². The van der Waals surface area contributed by atoms with Gasteiger partial charge in [0.05, 0.1) is 11.6 Å². The molecule has 0 saturated carbocycles. The van der Waals surface area contributed by atoms with Crippen LogP contribution in [0, 0.1) is 0 Å². The molecule has 4 nitrogen and oxygen atoms in total. The van der Waals surface area contributed by atoms with E-state index in [0.717, 1.165) is 24.2 Å². The van der Waals surface area contributed by atoms with E-state index in [1.807, 2.05) is 24.3 Å². The van der Waals surface area contributed by atoms with Crippen molar-refractivity contribution in [3.05, 3.63) is 52.1 Å². The monoisotopic (exact) mass is 322 g/mol. The van der Waals surface area contributed by atoms with Gasteiger partial charge in [-0.2, -0.15) is 0 Å². The average molecular weight is 323 g/mol. The fourth-order valence-corrected chi connectivity index (χ4v) is 2.07. The summed E-state index contributed by atoms with van der Waals surface area (Å²) in [6.45, 7) is 1.46. The van der Waals surface area contributed by atoms with E-state index in [2.05, 4.69) is 26.2 Å². The van der Waals surface area contributed by atoms with Crippen molar-refractivity contribution >= 4 is 15.9 Å². The molecule has 1 heterocycles. The van der Waals surface area contributed by atoms with E-state index in [1.54, 1.807) is 19.4 Å². The SMILES string of the molecule is COc1ccc(CNCc2ccc(O)c(Br)c2)cn1. The predicted molar refractivity (Wildman–Crippen MR) is 77.1 cm³/mol. The lowest BCUT2D eigenvalue weighted by atomic mass is 10.2. The highest BCUT2D eigenvalue weighted by atomic mass is 79.9. The zero-order chi connectivity index (χ0) is 13.7. The van der Waals surface area contributed by atoms with Gasteiger partial charge >= 0.3 is 0 Å². The third kappa shape index (κ3) is 3.94. The van der Waals surface area contributed by atoms with Crippen molar-refractivity contribution in [3.8, 4) is 11.6 Å². The van der Waals surface area contributed by atoms with Gasteiger partial charge in [0.25, 0.3) is 0 Å². The molecule has 0 aliphatic heterocycles. The molecular weight excluding hydrogens is 308 g/mol. The van der Waals surface area contributed by atoms with Gasteiger partial charge in [-0.3, -0.25) is 0 Å². The second-order valence-corrected chi connectivity index (χ2v) is 4.95. The van der Waals surface area contributed by atoms with Gasteiger partial charge in [0, 0.05) is 25.4 Å². The summed E-state index contributed by atoms with van der Waals surface area (Å²) < 4.78 is 5.71. The van der Waals surface area contributed by atoms with Crippen molar-refractivity contribution in [2.75, 3.05) is 7.11 Å². The molecule has 0 fully saturated rings. The molecule has 0 amide bonds. The Kier molecular flexibility index (Phi) is 4.76. The first-order chi connectivity index (χ1) is 9.19. The molecule has 0 aliphatic rings. The number of rotatable bonds is 5. The number of hydrogen-bond acceptors (Lipinski definition) is 4. The van der Waals surface area contributed by atoms with Crippen molar-refractivity contribution in [2.45, 2.75) is 13.1 Å².